The Labute approximate surface area is 165 Å². The maximum absolute atomic E-state index is 12.8. The molecule has 0 saturated carbocycles. The van der Waals surface area contributed by atoms with Gasteiger partial charge in [0.1, 0.15) is 0 Å². The number of hydrogen-bond donors (Lipinski definition) is 1. The van der Waals surface area contributed by atoms with E-state index in [0.29, 0.717) is 15.1 Å². The lowest BCUT2D eigenvalue weighted by Crippen LogP contribution is -2.57. The maximum Gasteiger partial charge on any atom is 0.317 e. The fraction of sp³-hybridized carbons (Fsp3) is 0.611. The number of benzene rings is 1. The van der Waals surface area contributed by atoms with Crippen molar-refractivity contribution in [2.24, 2.45) is 5.41 Å². The van der Waals surface area contributed by atoms with Gasteiger partial charge in [0, 0.05) is 19.6 Å². The molecule has 140 valence electrons. The molecule has 0 spiro atoms. The second-order valence-electron chi connectivity index (χ2n) is 7.58. The predicted molar refractivity (Wildman–Crippen MR) is 106 cm³/mol. The molecule has 2 amide bonds. The molecule has 1 saturated heterocycles. The number of amides is 2. The standard InChI is InChI=1S/C18H26Cl3N3O/c1-11(12-6-7-13(19)16(21)15(12)20)22-17(25)24(5)14-8-9-23(4)10-18(14,2)3/h6-7,11,14H,8-10H2,1-5H3,(H,22,25). The van der Waals surface area contributed by atoms with Crippen LogP contribution >= 0.6 is 34.8 Å². The highest BCUT2D eigenvalue weighted by atomic mass is 35.5. The number of urea groups is 1. The lowest BCUT2D eigenvalue weighted by atomic mass is 9.78. The molecule has 25 heavy (non-hydrogen) atoms. The van der Waals surface area contributed by atoms with E-state index in [9.17, 15) is 4.79 Å². The topological polar surface area (TPSA) is 35.6 Å². The molecule has 0 radical (unpaired) electrons. The molecule has 0 aromatic heterocycles. The summed E-state index contributed by atoms with van der Waals surface area (Å²) in [5.74, 6) is 0. The third-order valence-electron chi connectivity index (χ3n) is 5.02. The minimum absolute atomic E-state index is 0.0313. The Bertz CT molecular complexity index is 651. The van der Waals surface area contributed by atoms with Crippen LogP contribution in [0.2, 0.25) is 15.1 Å². The van der Waals surface area contributed by atoms with E-state index < -0.39 is 0 Å². The Balaban J connectivity index is 2.10. The van der Waals surface area contributed by atoms with E-state index >= 15 is 0 Å². The van der Waals surface area contributed by atoms with Gasteiger partial charge in [-0.2, -0.15) is 0 Å². The summed E-state index contributed by atoms with van der Waals surface area (Å²) in [6.07, 6.45) is 0.954. The number of nitrogens with zero attached hydrogens (tertiary/aromatic N) is 2. The molecule has 1 aromatic rings. The van der Waals surface area contributed by atoms with Gasteiger partial charge in [-0.15, -0.1) is 0 Å². The summed E-state index contributed by atoms with van der Waals surface area (Å²) in [6.45, 7) is 8.24. The van der Waals surface area contributed by atoms with Gasteiger partial charge in [-0.1, -0.05) is 54.7 Å². The Morgan fingerprint density at radius 3 is 2.56 bits per heavy atom. The number of carbonyl (C=O) groups is 1. The van der Waals surface area contributed by atoms with E-state index in [1.807, 2.05) is 18.9 Å². The van der Waals surface area contributed by atoms with Crippen LogP contribution in [0.3, 0.4) is 0 Å². The van der Waals surface area contributed by atoms with Crippen LogP contribution in [0.25, 0.3) is 0 Å². The molecule has 1 heterocycles. The molecule has 1 aliphatic heterocycles. The Morgan fingerprint density at radius 1 is 1.32 bits per heavy atom. The molecule has 0 aliphatic carbocycles. The number of rotatable bonds is 3. The first-order chi connectivity index (χ1) is 11.5. The van der Waals surface area contributed by atoms with Crippen LogP contribution in [-0.4, -0.2) is 49.1 Å². The predicted octanol–water partition coefficient (Wildman–Crippen LogP) is 5.08. The highest BCUT2D eigenvalue weighted by Gasteiger charge is 2.39. The molecule has 1 fully saturated rings. The Hall–Kier alpha value is -0.680. The molecule has 2 rings (SSSR count). The second-order valence-corrected chi connectivity index (χ2v) is 8.74. The highest BCUT2D eigenvalue weighted by Crippen LogP contribution is 2.36. The summed E-state index contributed by atoms with van der Waals surface area (Å²) in [7, 11) is 3.97. The fourth-order valence-corrected chi connectivity index (χ4v) is 4.42. The first-order valence-corrected chi connectivity index (χ1v) is 9.53. The van der Waals surface area contributed by atoms with Crippen LogP contribution in [0.1, 0.15) is 38.8 Å². The van der Waals surface area contributed by atoms with Crippen LogP contribution < -0.4 is 5.32 Å². The van der Waals surface area contributed by atoms with Crippen molar-refractivity contribution in [3.63, 3.8) is 0 Å². The van der Waals surface area contributed by atoms with Crippen LogP contribution in [0.4, 0.5) is 4.79 Å². The first-order valence-electron chi connectivity index (χ1n) is 8.40. The summed E-state index contributed by atoms with van der Waals surface area (Å²) in [5, 5.41) is 4.11. The number of likely N-dealkylation sites (tertiary alicyclic amines) is 1. The SMILES string of the molecule is CC(NC(=O)N(C)C1CCN(C)CC1(C)C)c1ccc(Cl)c(Cl)c1Cl. The molecule has 1 aliphatic rings. The molecule has 4 nitrogen and oxygen atoms in total. The quantitative estimate of drug-likeness (QED) is 0.710. The second kappa shape index (κ2) is 7.91. The normalized spacial score (nSPS) is 21.7. The van der Waals surface area contributed by atoms with E-state index in [1.165, 1.54) is 0 Å². The average Bonchev–Trinajstić information content (AvgIpc) is 2.51. The van der Waals surface area contributed by atoms with Crippen LogP contribution in [-0.2, 0) is 0 Å². The van der Waals surface area contributed by atoms with E-state index in [4.69, 9.17) is 34.8 Å². The van der Waals surface area contributed by atoms with E-state index in [2.05, 4.69) is 31.1 Å². The molecule has 7 heteroatoms. The zero-order valence-corrected chi connectivity index (χ0v) is 17.6. The fourth-order valence-electron chi connectivity index (χ4n) is 3.71. The van der Waals surface area contributed by atoms with Crippen molar-refractivity contribution in [3.8, 4) is 0 Å². The van der Waals surface area contributed by atoms with Crippen molar-refractivity contribution in [1.29, 1.82) is 0 Å². The summed E-state index contributed by atoms with van der Waals surface area (Å²) in [6, 6.07) is 3.28. The van der Waals surface area contributed by atoms with E-state index in [-0.39, 0.29) is 23.5 Å². The van der Waals surface area contributed by atoms with Gasteiger partial charge in [-0.05, 0) is 44.0 Å². The van der Waals surface area contributed by atoms with Crippen LogP contribution in [0.5, 0.6) is 0 Å². The minimum atomic E-state index is -0.272. The van der Waals surface area contributed by atoms with Gasteiger partial charge in [0.25, 0.3) is 0 Å². The molecule has 1 N–H and O–H groups in total. The van der Waals surface area contributed by atoms with Crippen molar-refractivity contribution in [1.82, 2.24) is 15.1 Å². The van der Waals surface area contributed by atoms with Crippen molar-refractivity contribution in [3.05, 3.63) is 32.8 Å². The van der Waals surface area contributed by atoms with Gasteiger partial charge in [0.15, 0.2) is 0 Å². The Kier molecular flexibility index (Phi) is 6.53. The van der Waals surface area contributed by atoms with Crippen molar-refractivity contribution in [2.75, 3.05) is 27.2 Å². The van der Waals surface area contributed by atoms with Gasteiger partial charge in [0.2, 0.25) is 0 Å². The lowest BCUT2D eigenvalue weighted by Gasteiger charge is -2.47. The number of nitrogens with one attached hydrogen (secondary N) is 1. The number of halogens is 3. The first kappa shape index (κ1) is 20.6. The summed E-state index contributed by atoms with van der Waals surface area (Å²) >= 11 is 18.4. The average molecular weight is 407 g/mol. The third kappa shape index (κ3) is 4.54. The van der Waals surface area contributed by atoms with Crippen molar-refractivity contribution in [2.45, 2.75) is 39.3 Å². The molecule has 0 bridgehead atoms. The van der Waals surface area contributed by atoms with Crippen molar-refractivity contribution < 1.29 is 4.79 Å². The molecule has 1 aromatic carbocycles. The smallest absolute Gasteiger partial charge is 0.317 e. The number of hydrogen-bond acceptors (Lipinski definition) is 2. The van der Waals surface area contributed by atoms with E-state index in [1.54, 1.807) is 12.1 Å². The van der Waals surface area contributed by atoms with Gasteiger partial charge in [-0.25, -0.2) is 4.79 Å². The zero-order chi connectivity index (χ0) is 18.9. The molecular weight excluding hydrogens is 381 g/mol. The van der Waals surface area contributed by atoms with Crippen LogP contribution in [0.15, 0.2) is 12.1 Å². The van der Waals surface area contributed by atoms with Crippen molar-refractivity contribution >= 4 is 40.8 Å². The largest absolute Gasteiger partial charge is 0.331 e. The minimum Gasteiger partial charge on any atom is -0.331 e. The molecular formula is C18H26Cl3N3O. The summed E-state index contributed by atoms with van der Waals surface area (Å²) in [5.41, 5.74) is 0.782. The van der Waals surface area contributed by atoms with E-state index in [0.717, 1.165) is 25.1 Å². The molecule has 2 unspecified atom stereocenters. The third-order valence-corrected chi connectivity index (χ3v) is 6.33. The van der Waals surface area contributed by atoms with Crippen LogP contribution in [0, 0.1) is 5.41 Å². The summed E-state index contributed by atoms with van der Waals surface area (Å²) in [4.78, 5) is 16.9. The monoisotopic (exact) mass is 405 g/mol. The van der Waals surface area contributed by atoms with Gasteiger partial charge >= 0.3 is 6.03 Å². The van der Waals surface area contributed by atoms with Gasteiger partial charge in [-0.3, -0.25) is 0 Å². The number of piperidine rings is 1. The van der Waals surface area contributed by atoms with Gasteiger partial charge in [0.05, 0.1) is 21.1 Å². The Morgan fingerprint density at radius 2 is 1.96 bits per heavy atom. The highest BCUT2D eigenvalue weighted by molar-refractivity contribution is 6.48. The maximum atomic E-state index is 12.8. The number of carbonyl (C=O) groups excluding carboxylic acids is 1. The lowest BCUT2D eigenvalue weighted by molar-refractivity contribution is 0.0446. The zero-order valence-electron chi connectivity index (χ0n) is 15.4. The van der Waals surface area contributed by atoms with Gasteiger partial charge < -0.3 is 15.1 Å². The summed E-state index contributed by atoms with van der Waals surface area (Å²) < 4.78 is 0. The molecule has 2 atom stereocenters.